The van der Waals surface area contributed by atoms with Crippen molar-refractivity contribution in [2.75, 3.05) is 38.9 Å². The Labute approximate surface area is 235 Å². The molecular weight excluding hydrogens is 576 g/mol. The lowest BCUT2D eigenvalue weighted by Gasteiger charge is -2.27. The van der Waals surface area contributed by atoms with Crippen molar-refractivity contribution in [2.45, 2.75) is 25.4 Å². The highest BCUT2D eigenvalue weighted by Gasteiger charge is 2.37. The predicted octanol–water partition coefficient (Wildman–Crippen LogP) is 5.76. The summed E-state index contributed by atoms with van der Waals surface area (Å²) in [4.78, 5) is 28.9. The van der Waals surface area contributed by atoms with Crippen LogP contribution in [0.25, 0.3) is 0 Å². The van der Waals surface area contributed by atoms with Gasteiger partial charge in [-0.3, -0.25) is 4.79 Å². The topological polar surface area (TPSA) is 93.5 Å². The Hall–Kier alpha value is -4.40. The van der Waals surface area contributed by atoms with E-state index >= 15 is 0 Å². The molecule has 42 heavy (non-hydrogen) atoms. The second-order valence-corrected chi connectivity index (χ2v) is 9.16. The summed E-state index contributed by atoms with van der Waals surface area (Å²) in [6.07, 6.45) is -8.79. The summed E-state index contributed by atoms with van der Waals surface area (Å²) in [7, 11) is 1.32. The van der Waals surface area contributed by atoms with E-state index in [0.29, 0.717) is 35.0 Å². The number of nitrogens with zero attached hydrogens (tertiary/aromatic N) is 2. The number of furan rings is 1. The fourth-order valence-corrected chi connectivity index (χ4v) is 4.03. The highest BCUT2D eigenvalue weighted by atomic mass is 19.4. The van der Waals surface area contributed by atoms with Crippen molar-refractivity contribution in [1.82, 2.24) is 9.80 Å². The van der Waals surface area contributed by atoms with Crippen LogP contribution in [0.15, 0.2) is 59.2 Å². The number of hydrogen-bond donors (Lipinski definition) is 1. The third-order valence-corrected chi connectivity index (χ3v) is 6.11. The number of amides is 3. The Morgan fingerprint density at radius 2 is 1.60 bits per heavy atom. The van der Waals surface area contributed by atoms with Crippen LogP contribution in [-0.2, 0) is 35.0 Å². The Morgan fingerprint density at radius 1 is 0.905 bits per heavy atom. The zero-order valence-electron chi connectivity index (χ0n) is 22.1. The van der Waals surface area contributed by atoms with Crippen LogP contribution >= 0.6 is 0 Å². The lowest BCUT2D eigenvalue weighted by molar-refractivity contribution is -0.143. The van der Waals surface area contributed by atoms with Gasteiger partial charge in [-0.05, 0) is 48.0 Å². The van der Waals surface area contributed by atoms with E-state index in [-0.39, 0.29) is 39.1 Å². The zero-order chi connectivity index (χ0) is 30.5. The van der Waals surface area contributed by atoms with Crippen LogP contribution in [0.5, 0.6) is 11.5 Å². The van der Waals surface area contributed by atoms with E-state index in [1.165, 1.54) is 18.3 Å². The normalized spacial score (nSPS) is 12.7. The molecule has 9 nitrogen and oxygen atoms in total. The summed E-state index contributed by atoms with van der Waals surface area (Å²) in [5.41, 5.74) is -3.28. The van der Waals surface area contributed by atoms with Crippen molar-refractivity contribution in [1.29, 1.82) is 0 Å². The van der Waals surface area contributed by atoms with Gasteiger partial charge in [0.05, 0.1) is 30.5 Å². The van der Waals surface area contributed by atoms with E-state index in [9.17, 15) is 35.9 Å². The minimum Gasteiger partial charge on any atom is -0.467 e. The number of hydrogen-bond acceptors (Lipinski definition) is 6. The summed E-state index contributed by atoms with van der Waals surface area (Å²) in [5, 5.41) is 2.06. The van der Waals surface area contributed by atoms with E-state index in [1.54, 1.807) is 30.3 Å². The SMILES string of the molecule is COCCN(CC(=O)N(Cc1ccc2c(c1)OCO2)Cc1ccco1)C(=O)Nc1cc(C(F)(F)F)cc(C(F)(F)F)c1. The molecule has 226 valence electrons. The molecule has 2 heterocycles. The van der Waals surface area contributed by atoms with Gasteiger partial charge in [0.2, 0.25) is 12.7 Å². The molecule has 1 aliphatic rings. The number of benzene rings is 2. The van der Waals surface area contributed by atoms with Crippen LogP contribution in [0.2, 0.25) is 0 Å². The van der Waals surface area contributed by atoms with Gasteiger partial charge in [-0.15, -0.1) is 0 Å². The van der Waals surface area contributed by atoms with Crippen molar-refractivity contribution in [2.24, 2.45) is 0 Å². The number of ether oxygens (including phenoxy) is 3. The molecular formula is C27H25F6N3O6. The first-order chi connectivity index (χ1) is 19.8. The van der Waals surface area contributed by atoms with Gasteiger partial charge in [0.1, 0.15) is 12.3 Å². The van der Waals surface area contributed by atoms with Crippen molar-refractivity contribution in [3.05, 3.63) is 77.2 Å². The molecule has 0 bridgehead atoms. The summed E-state index contributed by atoms with van der Waals surface area (Å²) < 4.78 is 101. The third-order valence-electron chi connectivity index (χ3n) is 6.11. The first-order valence-electron chi connectivity index (χ1n) is 12.4. The molecule has 1 aromatic heterocycles. The number of alkyl halides is 6. The standard InChI is InChI=1S/C27H25F6N3O6/c1-39-8-6-35(25(38)34-20-11-18(26(28,29)30)10-19(12-20)27(31,32)33)15-24(37)36(14-21-3-2-7-40-21)13-17-4-5-22-23(9-17)42-16-41-22/h2-5,7,9-12H,6,8,13-16H2,1H3,(H,34,38). The molecule has 3 aromatic rings. The zero-order valence-corrected chi connectivity index (χ0v) is 22.1. The lowest BCUT2D eigenvalue weighted by Crippen LogP contribution is -2.45. The van der Waals surface area contributed by atoms with Gasteiger partial charge in [-0.25, -0.2) is 4.79 Å². The largest absolute Gasteiger partial charge is 0.467 e. The number of urea groups is 1. The van der Waals surface area contributed by atoms with Gasteiger partial charge >= 0.3 is 18.4 Å². The molecule has 2 aromatic carbocycles. The summed E-state index contributed by atoms with van der Waals surface area (Å²) in [6.45, 7) is -0.741. The minimum absolute atomic E-state index is 0.00256. The molecule has 4 rings (SSSR count). The quantitative estimate of drug-likeness (QED) is 0.298. The van der Waals surface area contributed by atoms with Gasteiger partial charge in [0.25, 0.3) is 0 Å². The number of rotatable bonds is 10. The van der Waals surface area contributed by atoms with Gasteiger partial charge < -0.3 is 33.7 Å². The van der Waals surface area contributed by atoms with Gasteiger partial charge in [-0.1, -0.05) is 6.07 Å². The Bertz CT molecular complexity index is 1360. The van der Waals surface area contributed by atoms with Crippen LogP contribution in [-0.4, -0.2) is 55.3 Å². The molecule has 0 saturated heterocycles. The Balaban J connectivity index is 1.55. The van der Waals surface area contributed by atoms with Gasteiger partial charge in [0, 0.05) is 25.9 Å². The van der Waals surface area contributed by atoms with Crippen LogP contribution in [0, 0.1) is 0 Å². The van der Waals surface area contributed by atoms with Crippen LogP contribution in [0.4, 0.5) is 36.8 Å². The van der Waals surface area contributed by atoms with Gasteiger partial charge in [-0.2, -0.15) is 26.3 Å². The minimum atomic E-state index is -5.10. The molecule has 15 heteroatoms. The molecule has 0 atom stereocenters. The number of anilines is 1. The first kappa shape index (κ1) is 30.6. The number of nitrogens with one attached hydrogen (secondary N) is 1. The maximum absolute atomic E-state index is 13.5. The predicted molar refractivity (Wildman–Crippen MR) is 134 cm³/mol. The monoisotopic (exact) mass is 601 g/mol. The molecule has 3 amide bonds. The Kier molecular flexibility index (Phi) is 9.19. The lowest BCUT2D eigenvalue weighted by atomic mass is 10.1. The van der Waals surface area contributed by atoms with Crippen LogP contribution in [0.3, 0.4) is 0 Å². The smallest absolute Gasteiger partial charge is 0.416 e. The maximum atomic E-state index is 13.5. The third kappa shape index (κ3) is 7.87. The molecule has 1 N–H and O–H groups in total. The summed E-state index contributed by atoms with van der Waals surface area (Å²) in [5.74, 6) is 0.864. The number of fused-ring (bicyclic) bond motifs is 1. The summed E-state index contributed by atoms with van der Waals surface area (Å²) in [6, 6.07) is 7.96. The average molecular weight is 602 g/mol. The second-order valence-electron chi connectivity index (χ2n) is 9.16. The molecule has 0 spiro atoms. The summed E-state index contributed by atoms with van der Waals surface area (Å²) >= 11 is 0. The van der Waals surface area contributed by atoms with Crippen molar-refractivity contribution < 1.29 is 54.6 Å². The van der Waals surface area contributed by atoms with E-state index in [0.717, 1.165) is 4.90 Å². The van der Waals surface area contributed by atoms with Crippen molar-refractivity contribution in [3.63, 3.8) is 0 Å². The Morgan fingerprint density at radius 3 is 2.21 bits per heavy atom. The van der Waals surface area contributed by atoms with E-state index in [4.69, 9.17) is 18.6 Å². The molecule has 1 aliphatic heterocycles. The number of halogens is 6. The fraction of sp³-hybridized carbons (Fsp3) is 0.333. The van der Waals surface area contributed by atoms with Crippen molar-refractivity contribution in [3.8, 4) is 11.5 Å². The number of carbonyl (C=O) groups is 2. The highest BCUT2D eigenvalue weighted by Crippen LogP contribution is 2.38. The molecule has 0 saturated carbocycles. The molecule has 0 fully saturated rings. The van der Waals surface area contributed by atoms with Crippen LogP contribution in [0.1, 0.15) is 22.5 Å². The number of carbonyl (C=O) groups excluding carboxylic acids is 2. The van der Waals surface area contributed by atoms with E-state index < -0.39 is 47.6 Å². The van der Waals surface area contributed by atoms with E-state index in [2.05, 4.69) is 5.32 Å². The van der Waals surface area contributed by atoms with Crippen molar-refractivity contribution >= 4 is 17.6 Å². The van der Waals surface area contributed by atoms with Crippen LogP contribution < -0.4 is 14.8 Å². The van der Waals surface area contributed by atoms with E-state index in [1.807, 2.05) is 0 Å². The second kappa shape index (κ2) is 12.6. The first-order valence-corrected chi connectivity index (χ1v) is 12.4. The molecule has 0 unspecified atom stereocenters. The number of methoxy groups -OCH3 is 1. The molecule has 0 aliphatic carbocycles. The van der Waals surface area contributed by atoms with Gasteiger partial charge in [0.15, 0.2) is 11.5 Å². The highest BCUT2D eigenvalue weighted by molar-refractivity contribution is 5.92. The maximum Gasteiger partial charge on any atom is 0.416 e. The molecule has 0 radical (unpaired) electrons. The fourth-order valence-electron chi connectivity index (χ4n) is 4.03. The average Bonchev–Trinajstić information content (AvgIpc) is 3.61.